The van der Waals surface area contributed by atoms with E-state index in [4.69, 9.17) is 4.74 Å². The molecule has 6 heteroatoms. The molecular weight excluding hydrogens is 410 g/mol. The van der Waals surface area contributed by atoms with Gasteiger partial charge in [-0.2, -0.15) is 0 Å². The molecule has 2 heterocycles. The van der Waals surface area contributed by atoms with Crippen molar-refractivity contribution in [2.75, 3.05) is 19.6 Å². The van der Waals surface area contributed by atoms with Gasteiger partial charge in [-0.3, -0.25) is 9.69 Å². The Bertz CT molecular complexity index is 984. The second-order valence-corrected chi connectivity index (χ2v) is 8.92. The highest BCUT2D eigenvalue weighted by molar-refractivity contribution is 5.91. The van der Waals surface area contributed by atoms with Crippen LogP contribution >= 0.6 is 0 Å². The van der Waals surface area contributed by atoms with E-state index in [9.17, 15) is 13.6 Å². The highest BCUT2D eigenvalue weighted by atomic mass is 19.2. The molecule has 2 aliphatic heterocycles. The van der Waals surface area contributed by atoms with Gasteiger partial charge in [0.2, 0.25) is 5.91 Å². The number of halogens is 2. The maximum absolute atomic E-state index is 13.3. The lowest BCUT2D eigenvalue weighted by atomic mass is 9.88. The average Bonchev–Trinajstić information content (AvgIpc) is 3.19. The number of hydrogen-bond donors (Lipinski definition) is 1. The van der Waals surface area contributed by atoms with Crippen molar-refractivity contribution in [1.29, 1.82) is 0 Å². The summed E-state index contributed by atoms with van der Waals surface area (Å²) in [4.78, 5) is 14.6. The Morgan fingerprint density at radius 1 is 1.16 bits per heavy atom. The van der Waals surface area contributed by atoms with Gasteiger partial charge in [-0.05, 0) is 67.5 Å². The summed E-state index contributed by atoms with van der Waals surface area (Å²) in [5, 5.41) is 2.86. The summed E-state index contributed by atoms with van der Waals surface area (Å²) < 4.78 is 32.6. The fourth-order valence-corrected chi connectivity index (χ4v) is 4.62. The van der Waals surface area contributed by atoms with E-state index < -0.39 is 11.6 Å². The summed E-state index contributed by atoms with van der Waals surface area (Å²) in [6.45, 7) is 5.63. The van der Waals surface area contributed by atoms with Gasteiger partial charge in [0.15, 0.2) is 11.6 Å². The number of rotatable bonds is 6. The lowest BCUT2D eigenvalue weighted by molar-refractivity contribution is -0.118. The summed E-state index contributed by atoms with van der Waals surface area (Å²) in [5.74, 6) is -2.10. The number of piperidine rings is 1. The molecule has 170 valence electrons. The van der Waals surface area contributed by atoms with Crippen LogP contribution < -0.4 is 5.32 Å². The lowest BCUT2D eigenvalue weighted by Gasteiger charge is -2.39. The first kappa shape index (κ1) is 22.6. The van der Waals surface area contributed by atoms with Crippen molar-refractivity contribution in [1.82, 2.24) is 10.2 Å². The highest BCUT2D eigenvalue weighted by Gasteiger charge is 2.42. The van der Waals surface area contributed by atoms with E-state index in [1.54, 1.807) is 0 Å². The molecule has 1 N–H and O–H groups in total. The molecule has 2 aliphatic rings. The topological polar surface area (TPSA) is 41.6 Å². The summed E-state index contributed by atoms with van der Waals surface area (Å²) in [5.41, 5.74) is 3.08. The Morgan fingerprint density at radius 2 is 1.94 bits per heavy atom. The fraction of sp³-hybridized carbons (Fsp3) is 0.423. The zero-order valence-corrected chi connectivity index (χ0v) is 18.4. The first-order valence-electron chi connectivity index (χ1n) is 11.3. The number of likely N-dealkylation sites (tertiary alicyclic amines) is 1. The zero-order chi connectivity index (χ0) is 22.6. The molecule has 4 rings (SSSR count). The van der Waals surface area contributed by atoms with E-state index in [0.29, 0.717) is 12.1 Å². The molecular formula is C26H30F2N2O2. The predicted octanol–water partition coefficient (Wildman–Crippen LogP) is 4.62. The monoisotopic (exact) mass is 440 g/mol. The summed E-state index contributed by atoms with van der Waals surface area (Å²) in [6, 6.07) is 12.1. The minimum Gasteiger partial charge on any atom is -0.370 e. The van der Waals surface area contributed by atoms with Gasteiger partial charge >= 0.3 is 0 Å². The molecule has 2 saturated heterocycles. The minimum absolute atomic E-state index is 0.0125. The van der Waals surface area contributed by atoms with Crippen molar-refractivity contribution < 1.29 is 18.3 Å². The second kappa shape index (κ2) is 9.92. The molecule has 0 bridgehead atoms. The van der Waals surface area contributed by atoms with Crippen LogP contribution in [-0.2, 0) is 16.1 Å². The largest absolute Gasteiger partial charge is 0.370 e. The maximum atomic E-state index is 13.3. The van der Waals surface area contributed by atoms with E-state index in [1.165, 1.54) is 29.3 Å². The normalized spacial score (nSPS) is 20.8. The molecule has 0 aliphatic carbocycles. The first-order chi connectivity index (χ1) is 15.4. The highest BCUT2D eigenvalue weighted by Crippen LogP contribution is 2.39. The van der Waals surface area contributed by atoms with Crippen LogP contribution in [0.2, 0.25) is 0 Å². The number of nitrogens with one attached hydrogen (secondary N) is 1. The number of carbonyl (C=O) groups excluding carboxylic acids is 1. The van der Waals surface area contributed by atoms with Gasteiger partial charge in [-0.1, -0.05) is 30.3 Å². The van der Waals surface area contributed by atoms with Crippen LogP contribution in [0, 0.1) is 18.6 Å². The molecule has 0 unspecified atom stereocenters. The molecule has 4 nitrogen and oxygen atoms in total. The van der Waals surface area contributed by atoms with Crippen LogP contribution in [0.4, 0.5) is 8.78 Å². The third-order valence-corrected chi connectivity index (χ3v) is 6.64. The van der Waals surface area contributed by atoms with Crippen LogP contribution in [0.3, 0.4) is 0 Å². The van der Waals surface area contributed by atoms with Crippen molar-refractivity contribution in [3.63, 3.8) is 0 Å². The number of ether oxygens (including phenoxy) is 1. The molecule has 2 aromatic rings. The van der Waals surface area contributed by atoms with Gasteiger partial charge in [-0.15, -0.1) is 0 Å². The number of aryl methyl sites for hydroxylation is 1. The predicted molar refractivity (Wildman–Crippen MR) is 121 cm³/mol. The standard InChI is InChI=1S/C26H30F2N2O2/c1-19-4-2-3-5-21(19)18-30-14-12-26(13-15-30)11-10-22(32-26)17-29-25(31)9-7-20-6-8-23(27)24(28)16-20/h2-9,16,22H,10-15,17-18H2,1H3,(H,29,31)/b9-7+/t22-/m1/s1. The number of benzene rings is 2. The molecule has 0 radical (unpaired) electrons. The third kappa shape index (κ3) is 5.61. The average molecular weight is 441 g/mol. The van der Waals surface area contributed by atoms with Crippen molar-refractivity contribution >= 4 is 12.0 Å². The molecule has 1 atom stereocenters. The van der Waals surface area contributed by atoms with E-state index in [1.807, 2.05) is 0 Å². The molecule has 0 aromatic heterocycles. The van der Waals surface area contributed by atoms with Crippen LogP contribution in [-0.4, -0.2) is 42.1 Å². The third-order valence-electron chi connectivity index (χ3n) is 6.64. The molecule has 2 fully saturated rings. The van der Waals surface area contributed by atoms with Crippen LogP contribution in [0.5, 0.6) is 0 Å². The van der Waals surface area contributed by atoms with E-state index >= 15 is 0 Å². The number of hydrogen-bond acceptors (Lipinski definition) is 3. The van der Waals surface area contributed by atoms with Crippen molar-refractivity contribution in [3.05, 3.63) is 76.9 Å². The van der Waals surface area contributed by atoms with Gasteiger partial charge in [0.05, 0.1) is 11.7 Å². The Labute approximate surface area is 188 Å². The minimum atomic E-state index is -0.929. The SMILES string of the molecule is Cc1ccccc1CN1CCC2(CC[C@H](CNC(=O)/C=C/c3ccc(F)c(F)c3)O2)CC1. The Kier molecular flexibility index (Phi) is 7.01. The van der Waals surface area contributed by atoms with Crippen LogP contribution in [0.25, 0.3) is 6.08 Å². The second-order valence-electron chi connectivity index (χ2n) is 8.92. The van der Waals surface area contributed by atoms with Gasteiger partial charge in [0.1, 0.15) is 0 Å². The van der Waals surface area contributed by atoms with E-state index in [0.717, 1.165) is 57.5 Å². The Morgan fingerprint density at radius 3 is 2.69 bits per heavy atom. The lowest BCUT2D eigenvalue weighted by Crippen LogP contribution is -2.44. The van der Waals surface area contributed by atoms with Crippen LogP contribution in [0.1, 0.15) is 42.4 Å². The number of carbonyl (C=O) groups is 1. The molecule has 32 heavy (non-hydrogen) atoms. The molecule has 2 aromatic carbocycles. The van der Waals surface area contributed by atoms with Gasteiger partial charge in [-0.25, -0.2) is 8.78 Å². The van der Waals surface area contributed by atoms with Gasteiger partial charge in [0.25, 0.3) is 0 Å². The first-order valence-corrected chi connectivity index (χ1v) is 11.3. The summed E-state index contributed by atoms with van der Waals surface area (Å²) in [6.07, 6.45) is 6.80. The quantitative estimate of drug-likeness (QED) is 0.667. The zero-order valence-electron chi connectivity index (χ0n) is 18.4. The summed E-state index contributed by atoms with van der Waals surface area (Å²) in [7, 11) is 0. The van der Waals surface area contributed by atoms with Crippen molar-refractivity contribution in [2.24, 2.45) is 0 Å². The Hall–Kier alpha value is -2.57. The van der Waals surface area contributed by atoms with E-state index in [-0.39, 0.29) is 17.6 Å². The number of nitrogens with zero attached hydrogens (tertiary/aromatic N) is 1. The molecule has 1 spiro atoms. The Balaban J connectivity index is 1.21. The van der Waals surface area contributed by atoms with Gasteiger partial charge < -0.3 is 10.1 Å². The van der Waals surface area contributed by atoms with E-state index in [2.05, 4.69) is 41.4 Å². The van der Waals surface area contributed by atoms with Crippen LogP contribution in [0.15, 0.2) is 48.5 Å². The number of amides is 1. The maximum Gasteiger partial charge on any atom is 0.244 e. The van der Waals surface area contributed by atoms with Crippen molar-refractivity contribution in [3.8, 4) is 0 Å². The molecule has 0 saturated carbocycles. The molecule has 1 amide bonds. The van der Waals surface area contributed by atoms with Crippen molar-refractivity contribution in [2.45, 2.75) is 50.9 Å². The fourth-order valence-electron chi connectivity index (χ4n) is 4.62. The summed E-state index contributed by atoms with van der Waals surface area (Å²) >= 11 is 0. The smallest absolute Gasteiger partial charge is 0.244 e. The van der Waals surface area contributed by atoms with Gasteiger partial charge in [0, 0.05) is 32.3 Å².